The molecule has 1 N–H and O–H groups in total. The number of benzene rings is 1. The van der Waals surface area contributed by atoms with E-state index < -0.39 is 0 Å². The number of rotatable bonds is 2. The number of carbonyl (C=O) groups is 1. The molecule has 122 valence electrons. The highest BCUT2D eigenvalue weighted by Crippen LogP contribution is 2.37. The van der Waals surface area contributed by atoms with Crippen molar-refractivity contribution in [2.75, 3.05) is 16.8 Å². The molecule has 1 aliphatic rings. The maximum Gasteiger partial charge on any atom is 0.279 e. The molecule has 1 atom stereocenters. The van der Waals surface area contributed by atoms with Gasteiger partial charge < -0.3 is 10.2 Å². The maximum absolute atomic E-state index is 13.0. The number of amides is 1. The predicted molar refractivity (Wildman–Crippen MR) is 97.4 cm³/mol. The molecule has 1 amide bonds. The molecule has 7 heteroatoms. The highest BCUT2D eigenvalue weighted by atomic mass is 35.5. The van der Waals surface area contributed by atoms with Crippen molar-refractivity contribution in [1.82, 2.24) is 4.37 Å². The van der Waals surface area contributed by atoms with Crippen molar-refractivity contribution in [3.63, 3.8) is 0 Å². The van der Waals surface area contributed by atoms with Gasteiger partial charge in [-0.05, 0) is 55.1 Å². The fraction of sp³-hybridized carbons (Fsp3) is 0.375. The third kappa shape index (κ3) is 2.93. The van der Waals surface area contributed by atoms with E-state index in [4.69, 9.17) is 23.2 Å². The summed E-state index contributed by atoms with van der Waals surface area (Å²) in [4.78, 5) is 14.7. The van der Waals surface area contributed by atoms with Crippen LogP contribution in [-0.4, -0.2) is 22.9 Å². The molecule has 4 nitrogen and oxygen atoms in total. The fourth-order valence-corrected chi connectivity index (χ4v) is 3.65. The zero-order chi connectivity index (χ0) is 16.7. The molecular formula is C16H17Cl2N3OS. The lowest BCUT2D eigenvalue weighted by Crippen LogP contribution is -2.44. The van der Waals surface area contributed by atoms with Crippen LogP contribution in [0, 0.1) is 13.8 Å². The summed E-state index contributed by atoms with van der Waals surface area (Å²) in [7, 11) is 0. The monoisotopic (exact) mass is 369 g/mol. The largest absolute Gasteiger partial charge is 0.379 e. The predicted octanol–water partition coefficient (Wildman–Crippen LogP) is 4.92. The Bertz CT molecular complexity index is 775. The van der Waals surface area contributed by atoms with Crippen LogP contribution in [0.25, 0.3) is 0 Å². The Morgan fingerprint density at radius 3 is 2.70 bits per heavy atom. The van der Waals surface area contributed by atoms with Gasteiger partial charge in [-0.1, -0.05) is 30.1 Å². The molecule has 0 fully saturated rings. The first kappa shape index (κ1) is 16.6. The zero-order valence-electron chi connectivity index (χ0n) is 13.1. The van der Waals surface area contributed by atoms with E-state index in [1.807, 2.05) is 13.0 Å². The van der Waals surface area contributed by atoms with Gasteiger partial charge in [0.15, 0.2) is 5.69 Å². The fourth-order valence-electron chi connectivity index (χ4n) is 2.67. The molecule has 1 aromatic carbocycles. The van der Waals surface area contributed by atoms with Crippen LogP contribution in [-0.2, 0) is 0 Å². The minimum atomic E-state index is -0.206. The first-order chi connectivity index (χ1) is 10.9. The number of fused-ring (bicyclic) bond motifs is 1. The molecule has 0 saturated heterocycles. The van der Waals surface area contributed by atoms with Gasteiger partial charge in [-0.25, -0.2) is 0 Å². The van der Waals surface area contributed by atoms with Gasteiger partial charge in [0.1, 0.15) is 9.36 Å². The molecule has 23 heavy (non-hydrogen) atoms. The van der Waals surface area contributed by atoms with Crippen LogP contribution in [0.2, 0.25) is 9.36 Å². The second-order valence-electron chi connectivity index (χ2n) is 5.74. The third-order valence-corrected chi connectivity index (χ3v) is 5.81. The molecule has 1 aliphatic heterocycles. The second kappa shape index (κ2) is 6.30. The molecule has 0 spiro atoms. The summed E-state index contributed by atoms with van der Waals surface area (Å²) in [6, 6.07) is 4.31. The summed E-state index contributed by atoms with van der Waals surface area (Å²) >= 11 is 13.1. The number of carbonyl (C=O) groups excluding carboxylic acids is 1. The van der Waals surface area contributed by atoms with Crippen LogP contribution in [0.15, 0.2) is 12.1 Å². The number of hydrogen-bond acceptors (Lipinski definition) is 4. The average molecular weight is 370 g/mol. The van der Waals surface area contributed by atoms with E-state index in [0.29, 0.717) is 10.9 Å². The smallest absolute Gasteiger partial charge is 0.279 e. The van der Waals surface area contributed by atoms with Crippen molar-refractivity contribution < 1.29 is 4.79 Å². The van der Waals surface area contributed by atoms with Crippen molar-refractivity contribution in [3.05, 3.63) is 38.3 Å². The van der Waals surface area contributed by atoms with E-state index in [2.05, 4.69) is 29.6 Å². The van der Waals surface area contributed by atoms with Gasteiger partial charge in [0.25, 0.3) is 5.91 Å². The normalized spacial score (nSPS) is 16.9. The Morgan fingerprint density at radius 1 is 1.39 bits per heavy atom. The number of nitrogens with one attached hydrogen (secondary N) is 1. The van der Waals surface area contributed by atoms with Crippen LogP contribution in [0.3, 0.4) is 0 Å². The van der Waals surface area contributed by atoms with Crippen molar-refractivity contribution >= 4 is 52.0 Å². The molecule has 3 rings (SSSR count). The third-order valence-electron chi connectivity index (χ3n) is 4.20. The molecular weight excluding hydrogens is 353 g/mol. The lowest BCUT2D eigenvalue weighted by Gasteiger charge is -2.36. The first-order valence-corrected chi connectivity index (χ1v) is 8.95. The SMILES string of the molecule is CCC1CN(C(=O)c2nsc(Cl)c2Cl)c2cc(C)c(C)cc2N1. The molecule has 1 unspecified atom stereocenters. The van der Waals surface area contributed by atoms with E-state index in [-0.39, 0.29) is 22.7 Å². The highest BCUT2D eigenvalue weighted by Gasteiger charge is 2.31. The Kier molecular flexibility index (Phi) is 4.54. The van der Waals surface area contributed by atoms with Gasteiger partial charge in [0, 0.05) is 12.6 Å². The number of anilines is 2. The summed E-state index contributed by atoms with van der Waals surface area (Å²) in [6.45, 7) is 6.78. The summed E-state index contributed by atoms with van der Waals surface area (Å²) in [6.07, 6.45) is 0.918. The van der Waals surface area contributed by atoms with E-state index >= 15 is 0 Å². The van der Waals surface area contributed by atoms with Crippen LogP contribution >= 0.6 is 34.7 Å². The first-order valence-electron chi connectivity index (χ1n) is 7.42. The number of halogens is 2. The van der Waals surface area contributed by atoms with Gasteiger partial charge in [-0.2, -0.15) is 4.37 Å². The lowest BCUT2D eigenvalue weighted by atomic mass is 10.0. The Morgan fingerprint density at radius 2 is 2.09 bits per heavy atom. The molecule has 0 radical (unpaired) electrons. The highest BCUT2D eigenvalue weighted by molar-refractivity contribution is 7.11. The second-order valence-corrected chi connectivity index (χ2v) is 7.49. The van der Waals surface area contributed by atoms with Crippen LogP contribution in [0.1, 0.15) is 35.0 Å². The van der Waals surface area contributed by atoms with Gasteiger partial charge >= 0.3 is 0 Å². The molecule has 2 heterocycles. The van der Waals surface area contributed by atoms with E-state index in [1.54, 1.807) is 4.90 Å². The van der Waals surface area contributed by atoms with Crippen LogP contribution in [0.4, 0.5) is 11.4 Å². The molecule has 0 aliphatic carbocycles. The van der Waals surface area contributed by atoms with Gasteiger partial charge in [-0.15, -0.1) is 0 Å². The van der Waals surface area contributed by atoms with Gasteiger partial charge in [0.2, 0.25) is 0 Å². The van der Waals surface area contributed by atoms with Crippen molar-refractivity contribution in [2.24, 2.45) is 0 Å². The molecule has 0 bridgehead atoms. The molecule has 1 aromatic heterocycles. The van der Waals surface area contributed by atoms with Gasteiger partial charge in [-0.3, -0.25) is 4.79 Å². The summed E-state index contributed by atoms with van der Waals surface area (Å²) in [5.74, 6) is -0.206. The molecule has 2 aromatic rings. The Balaban J connectivity index is 2.07. The minimum absolute atomic E-state index is 0.196. The number of hydrogen-bond donors (Lipinski definition) is 1. The van der Waals surface area contributed by atoms with E-state index in [1.165, 1.54) is 5.56 Å². The van der Waals surface area contributed by atoms with Crippen LogP contribution < -0.4 is 10.2 Å². The summed E-state index contributed by atoms with van der Waals surface area (Å²) in [5.41, 5.74) is 4.39. The zero-order valence-corrected chi connectivity index (χ0v) is 15.4. The van der Waals surface area contributed by atoms with E-state index in [9.17, 15) is 4.79 Å². The number of aryl methyl sites for hydroxylation is 2. The topological polar surface area (TPSA) is 45.2 Å². The maximum atomic E-state index is 13.0. The number of aromatic nitrogens is 1. The average Bonchev–Trinajstić information content (AvgIpc) is 2.86. The van der Waals surface area contributed by atoms with Gasteiger partial charge in [0.05, 0.1) is 11.4 Å². The number of nitrogens with zero attached hydrogens (tertiary/aromatic N) is 2. The standard InChI is InChI=1S/C16H17Cl2N3OS/c1-4-10-7-21(16(22)14-13(17)15(18)23-20-14)12-6-9(3)8(2)5-11(12)19-10/h5-6,10,19H,4,7H2,1-3H3. The summed E-state index contributed by atoms with van der Waals surface area (Å²) < 4.78 is 4.47. The molecule has 0 saturated carbocycles. The quantitative estimate of drug-likeness (QED) is 0.816. The summed E-state index contributed by atoms with van der Waals surface area (Å²) in [5, 5.41) is 3.73. The van der Waals surface area contributed by atoms with Crippen LogP contribution in [0.5, 0.6) is 0 Å². The lowest BCUT2D eigenvalue weighted by molar-refractivity contribution is 0.0981. The van der Waals surface area contributed by atoms with E-state index in [0.717, 1.165) is 34.9 Å². The van der Waals surface area contributed by atoms with Crippen molar-refractivity contribution in [1.29, 1.82) is 0 Å². The van der Waals surface area contributed by atoms with Crippen molar-refractivity contribution in [2.45, 2.75) is 33.2 Å². The Labute approximate surface area is 149 Å². The van der Waals surface area contributed by atoms with Crippen molar-refractivity contribution in [3.8, 4) is 0 Å². The Hall–Kier alpha value is -1.30. The minimum Gasteiger partial charge on any atom is -0.379 e.